The van der Waals surface area contributed by atoms with Crippen LogP contribution in [0.4, 0.5) is 0 Å². The van der Waals surface area contributed by atoms with Crippen LogP contribution in [0, 0.1) is 0 Å². The molecule has 0 saturated heterocycles. The van der Waals surface area contributed by atoms with Gasteiger partial charge in [0.25, 0.3) is 5.91 Å². The second-order valence-corrected chi connectivity index (χ2v) is 6.66. The van der Waals surface area contributed by atoms with Crippen LogP contribution >= 0.6 is 22.7 Å². The molecule has 2 heterocycles. The Bertz CT molecular complexity index is 649. The van der Waals surface area contributed by atoms with Crippen molar-refractivity contribution < 1.29 is 14.7 Å². The van der Waals surface area contributed by atoms with E-state index in [0.717, 1.165) is 5.01 Å². The van der Waals surface area contributed by atoms with Gasteiger partial charge in [0.2, 0.25) is 0 Å². The third-order valence-electron chi connectivity index (χ3n) is 2.64. The van der Waals surface area contributed by atoms with Gasteiger partial charge in [-0.15, -0.1) is 22.7 Å². The summed E-state index contributed by atoms with van der Waals surface area (Å²) >= 11 is 2.67. The van der Waals surface area contributed by atoms with Crippen LogP contribution in [-0.4, -0.2) is 33.5 Å². The molecule has 8 heteroatoms. The summed E-state index contributed by atoms with van der Waals surface area (Å²) in [6.45, 7) is 4.48. The summed E-state index contributed by atoms with van der Waals surface area (Å²) < 4.78 is 0. The fourth-order valence-corrected chi connectivity index (χ4v) is 3.16. The predicted molar refractivity (Wildman–Crippen MR) is 81.3 cm³/mol. The van der Waals surface area contributed by atoms with Gasteiger partial charge in [-0.2, -0.15) is 0 Å². The fourth-order valence-electron chi connectivity index (χ4n) is 1.55. The third kappa shape index (κ3) is 4.08. The van der Waals surface area contributed by atoms with Crippen molar-refractivity contribution in [3.8, 4) is 0 Å². The molecule has 2 aromatic rings. The lowest BCUT2D eigenvalue weighted by atomic mass is 10.2. The maximum absolute atomic E-state index is 11.9. The zero-order valence-corrected chi connectivity index (χ0v) is 13.3. The van der Waals surface area contributed by atoms with Crippen molar-refractivity contribution >= 4 is 34.6 Å². The Morgan fingerprint density at radius 3 is 2.76 bits per heavy atom. The Labute approximate surface area is 129 Å². The van der Waals surface area contributed by atoms with E-state index < -0.39 is 5.97 Å². The molecular formula is C13H15N3O3S2. The van der Waals surface area contributed by atoms with E-state index in [1.165, 1.54) is 28.1 Å². The number of aromatic carboxylic acids is 1. The Kier molecular flexibility index (Phi) is 5.03. The van der Waals surface area contributed by atoms with Gasteiger partial charge in [0.1, 0.15) is 4.88 Å². The number of carboxylic acids is 1. The maximum Gasteiger partial charge on any atom is 0.355 e. The molecule has 0 aliphatic heterocycles. The topological polar surface area (TPSA) is 92.2 Å². The molecule has 0 fully saturated rings. The lowest BCUT2D eigenvalue weighted by Gasteiger charge is -2.01. The van der Waals surface area contributed by atoms with Crippen LogP contribution in [-0.2, 0) is 6.42 Å². The van der Waals surface area contributed by atoms with Crippen LogP contribution in [0.3, 0.4) is 0 Å². The number of hydrogen-bond donors (Lipinski definition) is 2. The molecule has 0 atom stereocenters. The van der Waals surface area contributed by atoms with Gasteiger partial charge in [-0.25, -0.2) is 14.8 Å². The average molecular weight is 325 g/mol. The summed E-state index contributed by atoms with van der Waals surface area (Å²) in [5.74, 6) is -0.886. The second kappa shape index (κ2) is 6.77. The van der Waals surface area contributed by atoms with Crippen molar-refractivity contribution in [3.63, 3.8) is 0 Å². The first kappa shape index (κ1) is 15.6. The van der Waals surface area contributed by atoms with Gasteiger partial charge >= 0.3 is 5.97 Å². The second-order valence-electron chi connectivity index (χ2n) is 4.65. The van der Waals surface area contributed by atoms with Crippen molar-refractivity contribution in [3.05, 3.63) is 32.2 Å². The van der Waals surface area contributed by atoms with Gasteiger partial charge in [0.15, 0.2) is 5.69 Å². The largest absolute Gasteiger partial charge is 0.476 e. The smallest absolute Gasteiger partial charge is 0.355 e. The Morgan fingerprint density at radius 1 is 1.43 bits per heavy atom. The number of carbonyl (C=O) groups is 2. The Balaban J connectivity index is 1.84. The van der Waals surface area contributed by atoms with Gasteiger partial charge in [-0.05, 0) is 0 Å². The number of carbonyl (C=O) groups excluding carboxylic acids is 1. The number of nitrogens with zero attached hydrogens (tertiary/aromatic N) is 2. The van der Waals surface area contributed by atoms with E-state index in [1.54, 1.807) is 6.20 Å². The van der Waals surface area contributed by atoms with Crippen molar-refractivity contribution in [2.75, 3.05) is 6.54 Å². The summed E-state index contributed by atoms with van der Waals surface area (Å²) in [6, 6.07) is 0. The number of carboxylic acid groups (broad SMARTS) is 1. The molecule has 0 aromatic carbocycles. The number of hydrogen-bond acceptors (Lipinski definition) is 6. The van der Waals surface area contributed by atoms with E-state index >= 15 is 0 Å². The van der Waals surface area contributed by atoms with E-state index in [-0.39, 0.29) is 11.6 Å². The average Bonchev–Trinajstić information content (AvgIpc) is 3.07. The SMILES string of the molecule is CC(C)c1ncc(C(=O)NCCc2nc(C(=O)O)cs2)s1. The van der Waals surface area contributed by atoms with Crippen LogP contribution < -0.4 is 5.32 Å². The molecule has 1 amide bonds. The lowest BCUT2D eigenvalue weighted by Crippen LogP contribution is -2.24. The van der Waals surface area contributed by atoms with Crippen LogP contribution in [0.2, 0.25) is 0 Å². The first-order valence-electron chi connectivity index (χ1n) is 6.39. The first-order chi connectivity index (χ1) is 9.97. The highest BCUT2D eigenvalue weighted by atomic mass is 32.1. The summed E-state index contributed by atoms with van der Waals surface area (Å²) in [4.78, 5) is 31.4. The number of aromatic nitrogens is 2. The number of rotatable bonds is 6. The number of thiazole rings is 2. The van der Waals surface area contributed by atoms with Gasteiger partial charge in [-0.1, -0.05) is 13.8 Å². The summed E-state index contributed by atoms with van der Waals surface area (Å²) in [6.07, 6.45) is 2.10. The molecule has 0 bridgehead atoms. The summed E-state index contributed by atoms with van der Waals surface area (Å²) in [5.41, 5.74) is 0.0466. The van der Waals surface area contributed by atoms with Gasteiger partial charge < -0.3 is 10.4 Å². The Hall–Kier alpha value is -1.80. The van der Waals surface area contributed by atoms with Crippen LogP contribution in [0.5, 0.6) is 0 Å². The number of amides is 1. The fraction of sp³-hybridized carbons (Fsp3) is 0.385. The minimum Gasteiger partial charge on any atom is -0.476 e. The zero-order chi connectivity index (χ0) is 15.4. The highest BCUT2D eigenvalue weighted by Gasteiger charge is 2.13. The van der Waals surface area contributed by atoms with Crippen molar-refractivity contribution in [2.24, 2.45) is 0 Å². The molecule has 0 aliphatic rings. The zero-order valence-electron chi connectivity index (χ0n) is 11.6. The molecule has 0 unspecified atom stereocenters. The molecule has 6 nitrogen and oxygen atoms in total. The van der Waals surface area contributed by atoms with Crippen LogP contribution in [0.25, 0.3) is 0 Å². The predicted octanol–water partition coefficient (Wildman–Crippen LogP) is 2.39. The van der Waals surface area contributed by atoms with Crippen molar-refractivity contribution in [1.82, 2.24) is 15.3 Å². The number of nitrogens with one attached hydrogen (secondary N) is 1. The van der Waals surface area contributed by atoms with E-state index in [2.05, 4.69) is 15.3 Å². The molecule has 21 heavy (non-hydrogen) atoms. The summed E-state index contributed by atoms with van der Waals surface area (Å²) in [7, 11) is 0. The maximum atomic E-state index is 11.9. The molecule has 0 saturated carbocycles. The van der Waals surface area contributed by atoms with Crippen LogP contribution in [0.15, 0.2) is 11.6 Å². The molecule has 112 valence electrons. The standard InChI is InChI=1S/C13H15N3O3S2/c1-7(2)12-15-5-9(21-12)11(17)14-4-3-10-16-8(6-20-10)13(18)19/h5-7H,3-4H2,1-2H3,(H,14,17)(H,18,19). The van der Waals surface area contributed by atoms with E-state index in [9.17, 15) is 9.59 Å². The van der Waals surface area contributed by atoms with E-state index in [1.807, 2.05) is 13.8 Å². The van der Waals surface area contributed by atoms with Crippen molar-refractivity contribution in [1.29, 1.82) is 0 Å². The molecule has 0 radical (unpaired) electrons. The van der Waals surface area contributed by atoms with Gasteiger partial charge in [-0.3, -0.25) is 4.79 Å². The minimum atomic E-state index is -1.03. The van der Waals surface area contributed by atoms with E-state index in [4.69, 9.17) is 5.11 Å². The molecule has 0 spiro atoms. The highest BCUT2D eigenvalue weighted by Crippen LogP contribution is 2.20. The monoisotopic (exact) mass is 325 g/mol. The molecule has 2 aromatic heterocycles. The van der Waals surface area contributed by atoms with Gasteiger partial charge in [0.05, 0.1) is 16.2 Å². The molecule has 2 N–H and O–H groups in total. The van der Waals surface area contributed by atoms with Crippen molar-refractivity contribution in [2.45, 2.75) is 26.2 Å². The molecule has 0 aliphatic carbocycles. The molecule has 2 rings (SSSR count). The lowest BCUT2D eigenvalue weighted by molar-refractivity contribution is 0.0690. The first-order valence-corrected chi connectivity index (χ1v) is 8.08. The van der Waals surface area contributed by atoms with Crippen LogP contribution in [0.1, 0.15) is 49.9 Å². The third-order valence-corrected chi connectivity index (χ3v) is 4.84. The quantitative estimate of drug-likeness (QED) is 0.851. The van der Waals surface area contributed by atoms with E-state index in [0.29, 0.717) is 28.8 Å². The Morgan fingerprint density at radius 2 is 2.19 bits per heavy atom. The molecular weight excluding hydrogens is 310 g/mol. The minimum absolute atomic E-state index is 0.0466. The van der Waals surface area contributed by atoms with Gasteiger partial charge in [0, 0.05) is 24.3 Å². The normalized spacial score (nSPS) is 10.8. The highest BCUT2D eigenvalue weighted by molar-refractivity contribution is 7.13. The summed E-state index contributed by atoms with van der Waals surface area (Å²) in [5, 5.41) is 14.7.